The molecule has 0 saturated carbocycles. The Balaban J connectivity index is 0.00000144. The number of carbonyl (C=O) groups is 1. The van der Waals surface area contributed by atoms with Crippen molar-refractivity contribution >= 4 is 41.6 Å². The highest BCUT2D eigenvalue weighted by atomic mass is 35.5. The van der Waals surface area contributed by atoms with Gasteiger partial charge in [-0.15, -0.1) is 12.4 Å². The molecule has 1 aliphatic heterocycles. The summed E-state index contributed by atoms with van der Waals surface area (Å²) < 4.78 is 0. The molecule has 1 fully saturated rings. The third kappa shape index (κ3) is 3.05. The van der Waals surface area contributed by atoms with Crippen LogP contribution in [0.4, 0.5) is 0 Å². The third-order valence-electron chi connectivity index (χ3n) is 2.90. The number of aliphatic carboxylic acids is 1. The summed E-state index contributed by atoms with van der Waals surface area (Å²) in [6.07, 6.45) is 0. The van der Waals surface area contributed by atoms with Crippen LogP contribution in [-0.2, 0) is 4.79 Å². The molecular formula is C11H12Cl3NO2. The van der Waals surface area contributed by atoms with Crippen molar-refractivity contribution in [2.75, 3.05) is 13.1 Å². The summed E-state index contributed by atoms with van der Waals surface area (Å²) >= 11 is 11.7. The molecule has 0 amide bonds. The minimum absolute atomic E-state index is 0. The van der Waals surface area contributed by atoms with Crippen molar-refractivity contribution in [3.8, 4) is 0 Å². The van der Waals surface area contributed by atoms with E-state index >= 15 is 0 Å². The van der Waals surface area contributed by atoms with E-state index in [0.717, 1.165) is 5.56 Å². The number of carboxylic acids is 1. The lowest BCUT2D eigenvalue weighted by atomic mass is 9.89. The van der Waals surface area contributed by atoms with Crippen LogP contribution in [0.3, 0.4) is 0 Å². The van der Waals surface area contributed by atoms with Crippen molar-refractivity contribution in [3.63, 3.8) is 0 Å². The molecule has 1 aromatic carbocycles. The van der Waals surface area contributed by atoms with Gasteiger partial charge in [0.2, 0.25) is 0 Å². The Morgan fingerprint density at radius 2 is 2.00 bits per heavy atom. The molecule has 0 aromatic heterocycles. The zero-order valence-electron chi connectivity index (χ0n) is 8.82. The van der Waals surface area contributed by atoms with Crippen LogP contribution in [0.5, 0.6) is 0 Å². The zero-order chi connectivity index (χ0) is 11.7. The fourth-order valence-corrected chi connectivity index (χ4v) is 2.34. The first kappa shape index (κ1) is 14.6. The third-order valence-corrected chi connectivity index (χ3v) is 3.64. The van der Waals surface area contributed by atoms with Gasteiger partial charge in [-0.2, -0.15) is 0 Å². The van der Waals surface area contributed by atoms with Gasteiger partial charge >= 0.3 is 5.97 Å². The van der Waals surface area contributed by atoms with Crippen LogP contribution in [-0.4, -0.2) is 24.2 Å². The van der Waals surface area contributed by atoms with Crippen LogP contribution in [0.1, 0.15) is 11.5 Å². The number of hydrogen-bond donors (Lipinski definition) is 2. The van der Waals surface area contributed by atoms with Crippen molar-refractivity contribution in [3.05, 3.63) is 33.8 Å². The van der Waals surface area contributed by atoms with Crippen LogP contribution in [0, 0.1) is 5.92 Å². The largest absolute Gasteiger partial charge is 0.481 e. The molecule has 2 N–H and O–H groups in total. The first-order chi connectivity index (χ1) is 7.59. The van der Waals surface area contributed by atoms with Gasteiger partial charge in [0.05, 0.1) is 16.0 Å². The normalized spacial score (nSPS) is 23.2. The van der Waals surface area contributed by atoms with Crippen molar-refractivity contribution in [1.29, 1.82) is 0 Å². The second-order valence-corrected chi connectivity index (χ2v) is 4.70. The van der Waals surface area contributed by atoms with E-state index in [-0.39, 0.29) is 18.3 Å². The summed E-state index contributed by atoms with van der Waals surface area (Å²) in [6.45, 7) is 1.16. The molecule has 3 nitrogen and oxygen atoms in total. The molecule has 2 atom stereocenters. The molecule has 1 saturated heterocycles. The van der Waals surface area contributed by atoms with Crippen LogP contribution in [0.15, 0.2) is 18.2 Å². The predicted molar refractivity (Wildman–Crippen MR) is 70.4 cm³/mol. The average Bonchev–Trinajstić information content (AvgIpc) is 2.71. The van der Waals surface area contributed by atoms with Gasteiger partial charge in [0.1, 0.15) is 0 Å². The molecular weight excluding hydrogens is 284 g/mol. The van der Waals surface area contributed by atoms with Crippen molar-refractivity contribution < 1.29 is 9.90 Å². The zero-order valence-corrected chi connectivity index (χ0v) is 11.1. The summed E-state index contributed by atoms with van der Waals surface area (Å²) in [5, 5.41) is 13.1. The van der Waals surface area contributed by atoms with Gasteiger partial charge < -0.3 is 10.4 Å². The van der Waals surface area contributed by atoms with Crippen molar-refractivity contribution in [2.24, 2.45) is 5.92 Å². The lowest BCUT2D eigenvalue weighted by molar-refractivity contribution is -0.141. The second-order valence-electron chi connectivity index (χ2n) is 3.88. The summed E-state index contributed by atoms with van der Waals surface area (Å²) in [7, 11) is 0. The van der Waals surface area contributed by atoms with E-state index in [2.05, 4.69) is 5.32 Å². The Morgan fingerprint density at radius 3 is 2.59 bits per heavy atom. The number of rotatable bonds is 2. The van der Waals surface area contributed by atoms with Crippen molar-refractivity contribution in [2.45, 2.75) is 5.92 Å². The highest BCUT2D eigenvalue weighted by Crippen LogP contribution is 2.32. The van der Waals surface area contributed by atoms with Crippen LogP contribution in [0.25, 0.3) is 0 Å². The Morgan fingerprint density at radius 1 is 1.29 bits per heavy atom. The summed E-state index contributed by atoms with van der Waals surface area (Å²) in [5.74, 6) is -1.20. The molecule has 0 bridgehead atoms. The van der Waals surface area contributed by atoms with Crippen LogP contribution >= 0.6 is 35.6 Å². The smallest absolute Gasteiger partial charge is 0.308 e. The summed E-state index contributed by atoms with van der Waals surface area (Å²) in [6, 6.07) is 5.29. The van der Waals surface area contributed by atoms with Gasteiger partial charge in [-0.25, -0.2) is 0 Å². The number of halogens is 3. The monoisotopic (exact) mass is 295 g/mol. The molecule has 1 aliphatic rings. The summed E-state index contributed by atoms with van der Waals surface area (Å²) in [4.78, 5) is 11.0. The quantitative estimate of drug-likeness (QED) is 0.882. The van der Waals surface area contributed by atoms with E-state index in [1.807, 2.05) is 6.07 Å². The standard InChI is InChI=1S/C11H11Cl2NO2.ClH/c12-9-2-1-6(3-10(9)13)7-4-14-5-8(7)11(15)16;/h1-3,7-8,14H,4-5H2,(H,15,16);1H. The average molecular weight is 297 g/mol. The van der Waals surface area contributed by atoms with Gasteiger partial charge in [0.15, 0.2) is 0 Å². The van der Waals surface area contributed by atoms with E-state index < -0.39 is 11.9 Å². The molecule has 0 aliphatic carbocycles. The fraction of sp³-hybridized carbons (Fsp3) is 0.364. The SMILES string of the molecule is Cl.O=C(O)C1CNCC1c1ccc(Cl)c(Cl)c1. The molecule has 17 heavy (non-hydrogen) atoms. The van der Waals surface area contributed by atoms with Crippen LogP contribution in [0.2, 0.25) is 10.0 Å². The second kappa shape index (κ2) is 5.91. The lowest BCUT2D eigenvalue weighted by Gasteiger charge is -2.15. The maximum atomic E-state index is 11.0. The maximum Gasteiger partial charge on any atom is 0.308 e. The number of hydrogen-bond acceptors (Lipinski definition) is 2. The van der Waals surface area contributed by atoms with E-state index in [0.29, 0.717) is 23.1 Å². The molecule has 2 rings (SSSR count). The molecule has 1 heterocycles. The highest BCUT2D eigenvalue weighted by Gasteiger charge is 2.33. The lowest BCUT2D eigenvalue weighted by Crippen LogP contribution is -2.20. The van der Waals surface area contributed by atoms with Crippen LogP contribution < -0.4 is 5.32 Å². The topological polar surface area (TPSA) is 49.3 Å². The molecule has 0 spiro atoms. The van der Waals surface area contributed by atoms with Gasteiger partial charge in [-0.3, -0.25) is 4.79 Å². The highest BCUT2D eigenvalue weighted by molar-refractivity contribution is 6.42. The van der Waals surface area contributed by atoms with Gasteiger partial charge in [0, 0.05) is 19.0 Å². The summed E-state index contributed by atoms with van der Waals surface area (Å²) in [5.41, 5.74) is 0.923. The van der Waals surface area contributed by atoms with E-state index in [4.69, 9.17) is 28.3 Å². The Kier molecular flexibility index (Phi) is 5.07. The first-order valence-corrected chi connectivity index (χ1v) is 5.73. The molecule has 2 unspecified atom stereocenters. The fourth-order valence-electron chi connectivity index (χ4n) is 2.03. The Labute approximate surface area is 116 Å². The van der Waals surface area contributed by atoms with E-state index in [1.165, 1.54) is 0 Å². The van der Waals surface area contributed by atoms with Gasteiger partial charge in [-0.1, -0.05) is 29.3 Å². The first-order valence-electron chi connectivity index (χ1n) is 4.98. The predicted octanol–water partition coefficient (Wildman–Crippen LogP) is 2.80. The Hall–Kier alpha value is -0.480. The van der Waals surface area contributed by atoms with Gasteiger partial charge in [-0.05, 0) is 17.7 Å². The Bertz CT molecular complexity index is 425. The molecule has 94 valence electrons. The molecule has 6 heteroatoms. The van der Waals surface area contributed by atoms with Gasteiger partial charge in [0.25, 0.3) is 0 Å². The minimum atomic E-state index is -0.777. The van der Waals surface area contributed by atoms with Crippen molar-refractivity contribution in [1.82, 2.24) is 5.32 Å². The number of nitrogens with one attached hydrogen (secondary N) is 1. The number of carboxylic acid groups (broad SMARTS) is 1. The maximum absolute atomic E-state index is 11.0. The number of benzene rings is 1. The molecule has 1 aromatic rings. The van der Waals surface area contributed by atoms with E-state index in [1.54, 1.807) is 12.1 Å². The molecule has 0 radical (unpaired) electrons. The van der Waals surface area contributed by atoms with E-state index in [9.17, 15) is 4.79 Å². The minimum Gasteiger partial charge on any atom is -0.481 e.